The van der Waals surface area contributed by atoms with E-state index >= 15 is 0 Å². The number of hydrogen-bond acceptors (Lipinski definition) is 3. The molecule has 4 aromatic heterocycles. The Morgan fingerprint density at radius 1 is 0.592 bits per heavy atom. The fourth-order valence-electron chi connectivity index (χ4n) is 7.11. The van der Waals surface area contributed by atoms with Crippen LogP contribution in [0.3, 0.4) is 0 Å². The van der Waals surface area contributed by atoms with Crippen molar-refractivity contribution in [2.24, 2.45) is 0 Å². The summed E-state index contributed by atoms with van der Waals surface area (Å²) in [7, 11) is 0. The summed E-state index contributed by atoms with van der Waals surface area (Å²) < 4.78 is 4.49. The van der Waals surface area contributed by atoms with Gasteiger partial charge in [-0.15, -0.1) is 0 Å². The lowest BCUT2D eigenvalue weighted by atomic mass is 10.0. The summed E-state index contributed by atoms with van der Waals surface area (Å²) in [5.41, 5.74) is 10.7. The molecule has 4 heterocycles. The molecule has 0 saturated heterocycles. The minimum absolute atomic E-state index is 0.651. The summed E-state index contributed by atoms with van der Waals surface area (Å²) in [5.74, 6) is 0.651. The summed E-state index contributed by atoms with van der Waals surface area (Å²) in [4.78, 5) is 14.7. The van der Waals surface area contributed by atoms with Gasteiger partial charge in [0.15, 0.2) is 0 Å². The first-order valence-corrected chi connectivity index (χ1v) is 16.4. The van der Waals surface area contributed by atoms with Gasteiger partial charge in [-0.1, -0.05) is 97.6 Å². The van der Waals surface area contributed by atoms with Crippen molar-refractivity contribution in [1.29, 1.82) is 0 Å². The highest BCUT2D eigenvalue weighted by molar-refractivity contribution is 6.12. The van der Waals surface area contributed by atoms with Crippen molar-refractivity contribution in [3.8, 4) is 22.8 Å². The molecular formula is C44H31N5. The molecule has 0 atom stereocenters. The van der Waals surface area contributed by atoms with Gasteiger partial charge in [-0.3, -0.25) is 9.55 Å². The van der Waals surface area contributed by atoms with E-state index in [1.54, 1.807) is 6.08 Å². The zero-order valence-electron chi connectivity index (χ0n) is 27.0. The molecule has 0 N–H and O–H groups in total. The smallest absolute Gasteiger partial charge is 0.235 e. The first kappa shape index (κ1) is 28.6. The second-order valence-corrected chi connectivity index (χ2v) is 12.2. The third-order valence-corrected chi connectivity index (χ3v) is 9.34. The topological polar surface area (TPSA) is 48.5 Å². The van der Waals surface area contributed by atoms with E-state index in [1.165, 1.54) is 10.8 Å². The molecular weight excluding hydrogens is 599 g/mol. The van der Waals surface area contributed by atoms with Gasteiger partial charge < -0.3 is 4.57 Å². The fourth-order valence-corrected chi connectivity index (χ4v) is 7.11. The molecule has 0 aliphatic rings. The van der Waals surface area contributed by atoms with Gasteiger partial charge in [0, 0.05) is 33.1 Å². The lowest BCUT2D eigenvalue weighted by Crippen LogP contribution is -2.04. The Labute approximate surface area is 283 Å². The van der Waals surface area contributed by atoms with Gasteiger partial charge >= 0.3 is 0 Å². The maximum absolute atomic E-state index is 5.21. The first-order valence-electron chi connectivity index (χ1n) is 16.4. The summed E-state index contributed by atoms with van der Waals surface area (Å²) in [6.45, 7) is 5.89. The Balaban J connectivity index is 1.24. The number of aromatic nitrogens is 5. The van der Waals surface area contributed by atoms with Crippen molar-refractivity contribution in [3.63, 3.8) is 0 Å². The second-order valence-electron chi connectivity index (χ2n) is 12.2. The first-order chi connectivity index (χ1) is 24.2. The van der Waals surface area contributed by atoms with E-state index in [0.717, 1.165) is 71.8 Å². The van der Waals surface area contributed by atoms with Gasteiger partial charge in [0.1, 0.15) is 0 Å². The number of allylic oxidation sites excluding steroid dienone is 5. The molecule has 9 aromatic rings. The fraction of sp³-hybridized carbons (Fsp3) is 0.0227. The van der Waals surface area contributed by atoms with Crippen molar-refractivity contribution in [1.82, 2.24) is 24.1 Å². The molecule has 0 saturated carbocycles. The molecule has 0 radical (unpaired) electrons. The summed E-state index contributed by atoms with van der Waals surface area (Å²) >= 11 is 0. The second kappa shape index (κ2) is 11.6. The van der Waals surface area contributed by atoms with Gasteiger partial charge in [-0.2, -0.15) is 0 Å². The molecule has 5 nitrogen and oxygen atoms in total. The van der Waals surface area contributed by atoms with Gasteiger partial charge in [0.2, 0.25) is 5.95 Å². The quantitative estimate of drug-likeness (QED) is 0.172. The van der Waals surface area contributed by atoms with E-state index in [-0.39, 0.29) is 0 Å². The minimum Gasteiger partial charge on any atom is -0.308 e. The van der Waals surface area contributed by atoms with Gasteiger partial charge in [0.25, 0.3) is 0 Å². The zero-order chi connectivity index (χ0) is 32.9. The van der Waals surface area contributed by atoms with Crippen molar-refractivity contribution >= 4 is 60.1 Å². The third-order valence-electron chi connectivity index (χ3n) is 9.34. The molecule has 232 valence electrons. The zero-order valence-corrected chi connectivity index (χ0v) is 27.0. The lowest BCUT2D eigenvalue weighted by molar-refractivity contribution is 1.00. The van der Waals surface area contributed by atoms with Crippen molar-refractivity contribution in [3.05, 3.63) is 170 Å². The molecule has 5 aromatic carbocycles. The number of benzene rings is 5. The van der Waals surface area contributed by atoms with Crippen molar-refractivity contribution in [2.45, 2.75) is 6.92 Å². The Bertz CT molecular complexity index is 2800. The van der Waals surface area contributed by atoms with Crippen LogP contribution in [0.4, 0.5) is 0 Å². The highest BCUT2D eigenvalue weighted by Gasteiger charge is 2.18. The number of hydrogen-bond donors (Lipinski definition) is 0. The van der Waals surface area contributed by atoms with E-state index in [4.69, 9.17) is 9.97 Å². The van der Waals surface area contributed by atoms with Crippen LogP contribution in [-0.4, -0.2) is 24.1 Å². The number of fused-ring (bicyclic) bond motifs is 7. The van der Waals surface area contributed by atoms with E-state index in [1.807, 2.05) is 42.7 Å². The van der Waals surface area contributed by atoms with Gasteiger partial charge in [0.05, 0.1) is 45.2 Å². The number of para-hydroxylation sites is 3. The average molecular weight is 630 g/mol. The summed E-state index contributed by atoms with van der Waals surface area (Å²) in [6, 6.07) is 42.9. The largest absolute Gasteiger partial charge is 0.308 e. The molecule has 5 heteroatoms. The van der Waals surface area contributed by atoms with E-state index in [9.17, 15) is 0 Å². The average Bonchev–Trinajstić information content (AvgIpc) is 3.67. The van der Waals surface area contributed by atoms with Crippen LogP contribution in [0.25, 0.3) is 82.9 Å². The van der Waals surface area contributed by atoms with Crippen LogP contribution in [0.1, 0.15) is 12.6 Å². The van der Waals surface area contributed by atoms with Crippen LogP contribution in [-0.2, 0) is 0 Å². The standard InChI is InChI=1S/C44H31N5/c1-3-4-5-13-29(2)43-35-17-6-9-18-38(35)46-44(47-43)49-40-20-11-8-16-34(40)37-27-31(22-24-42(37)49)30-21-23-41-36(26-30)33-15-7-10-19-39(33)48(41)32-14-12-25-45-28-32/h3-28H,1H2,2H3/b5-4-,29-13+. The molecule has 0 aliphatic carbocycles. The van der Waals surface area contributed by atoms with E-state index in [0.29, 0.717) is 5.95 Å². The van der Waals surface area contributed by atoms with E-state index < -0.39 is 0 Å². The van der Waals surface area contributed by atoms with Crippen LogP contribution < -0.4 is 0 Å². The Hall–Kier alpha value is -6.59. The molecule has 0 spiro atoms. The molecule has 0 unspecified atom stereocenters. The normalized spacial score (nSPS) is 12.3. The Morgan fingerprint density at radius 3 is 1.88 bits per heavy atom. The lowest BCUT2D eigenvalue weighted by Gasteiger charge is -2.12. The Kier molecular flexibility index (Phi) is 6.76. The SMILES string of the molecule is C=C/C=C\C=C(/C)c1nc(-n2c3ccccc3c3cc(-c4ccc5c(c4)c4ccccc4n5-c4cccnc4)ccc32)nc2ccccc12. The Morgan fingerprint density at radius 2 is 1.20 bits per heavy atom. The molecule has 0 fully saturated rings. The number of nitrogens with zero attached hydrogens (tertiary/aromatic N) is 5. The molecule has 9 rings (SSSR count). The maximum Gasteiger partial charge on any atom is 0.235 e. The third kappa shape index (κ3) is 4.67. The molecule has 49 heavy (non-hydrogen) atoms. The molecule has 0 bridgehead atoms. The highest BCUT2D eigenvalue weighted by Crippen LogP contribution is 2.38. The van der Waals surface area contributed by atoms with Crippen molar-refractivity contribution < 1.29 is 0 Å². The van der Waals surface area contributed by atoms with E-state index in [2.05, 4.69) is 137 Å². The molecule has 0 aliphatic heterocycles. The van der Waals surface area contributed by atoms with Gasteiger partial charge in [-0.25, -0.2) is 9.97 Å². The summed E-state index contributed by atoms with van der Waals surface area (Å²) in [5, 5.41) is 5.77. The van der Waals surface area contributed by atoms with Crippen LogP contribution in [0.15, 0.2) is 165 Å². The van der Waals surface area contributed by atoms with Crippen LogP contribution in [0.5, 0.6) is 0 Å². The predicted molar refractivity (Wildman–Crippen MR) is 204 cm³/mol. The highest BCUT2D eigenvalue weighted by atomic mass is 15.2. The number of rotatable bonds is 6. The van der Waals surface area contributed by atoms with Gasteiger partial charge in [-0.05, 0) is 78.2 Å². The predicted octanol–water partition coefficient (Wildman–Crippen LogP) is 11.0. The summed E-state index contributed by atoms with van der Waals surface area (Å²) in [6.07, 6.45) is 11.5. The monoisotopic (exact) mass is 629 g/mol. The molecule has 0 amide bonds. The van der Waals surface area contributed by atoms with Crippen LogP contribution in [0, 0.1) is 0 Å². The van der Waals surface area contributed by atoms with Crippen LogP contribution >= 0.6 is 0 Å². The number of pyridine rings is 1. The van der Waals surface area contributed by atoms with Crippen LogP contribution in [0.2, 0.25) is 0 Å². The minimum atomic E-state index is 0.651. The maximum atomic E-state index is 5.21. The van der Waals surface area contributed by atoms with Crippen molar-refractivity contribution in [2.75, 3.05) is 0 Å².